The molecule has 1 aromatic rings. The molecule has 0 bridgehead atoms. The summed E-state index contributed by atoms with van der Waals surface area (Å²) in [6.45, 7) is 1.83. The molecule has 1 rings (SSSR count). The van der Waals surface area contributed by atoms with E-state index in [0.717, 1.165) is 0 Å². The summed E-state index contributed by atoms with van der Waals surface area (Å²) in [5.74, 6) is 0.593. The van der Waals surface area contributed by atoms with Crippen molar-refractivity contribution in [3.63, 3.8) is 0 Å². The highest BCUT2D eigenvalue weighted by Crippen LogP contribution is 2.18. The van der Waals surface area contributed by atoms with E-state index < -0.39 is 11.3 Å². The van der Waals surface area contributed by atoms with Gasteiger partial charge in [0, 0.05) is 5.02 Å². The lowest BCUT2D eigenvalue weighted by Crippen LogP contribution is -2.22. The van der Waals surface area contributed by atoms with Gasteiger partial charge in [-0.2, -0.15) is 0 Å². The minimum Gasteiger partial charge on any atom is -0.481 e. The Balaban J connectivity index is 2.67. The van der Waals surface area contributed by atoms with Gasteiger partial charge in [-0.05, 0) is 42.3 Å². The minimum atomic E-state index is -0.585. The Morgan fingerprint density at radius 2 is 2.00 bits per heavy atom. The third-order valence-corrected chi connectivity index (χ3v) is 2.21. The first-order valence-electron chi connectivity index (χ1n) is 4.25. The molecule has 0 saturated heterocycles. The van der Waals surface area contributed by atoms with Gasteiger partial charge in [-0.25, -0.2) is 0 Å². The molecule has 0 aliphatic carbocycles. The summed E-state index contributed by atoms with van der Waals surface area (Å²) < 4.78 is 5.34. The van der Waals surface area contributed by atoms with E-state index in [0.29, 0.717) is 17.2 Å². The van der Waals surface area contributed by atoms with Crippen molar-refractivity contribution >= 4 is 28.4 Å². The topological polar surface area (TPSA) is 26.3 Å². The first-order chi connectivity index (χ1) is 6.63. The molecule has 0 aliphatic rings. The first-order valence-corrected chi connectivity index (χ1v) is 5.00. The Morgan fingerprint density at radius 1 is 1.43 bits per heavy atom. The summed E-state index contributed by atoms with van der Waals surface area (Å²) in [6.07, 6.45) is -0.0387. The van der Waals surface area contributed by atoms with Gasteiger partial charge in [-0.3, -0.25) is 4.79 Å². The van der Waals surface area contributed by atoms with Crippen molar-refractivity contribution in [1.29, 1.82) is 0 Å². The van der Waals surface area contributed by atoms with Crippen LogP contribution in [-0.4, -0.2) is 11.3 Å². The van der Waals surface area contributed by atoms with E-state index in [1.165, 1.54) is 0 Å². The van der Waals surface area contributed by atoms with Gasteiger partial charge in [0.05, 0.1) is 0 Å². The Labute approximate surface area is 92.8 Å². The van der Waals surface area contributed by atoms with Crippen molar-refractivity contribution in [2.24, 2.45) is 0 Å². The van der Waals surface area contributed by atoms with Crippen LogP contribution >= 0.6 is 23.2 Å². The predicted molar refractivity (Wildman–Crippen MR) is 57.0 cm³/mol. The molecule has 4 heteroatoms. The lowest BCUT2D eigenvalue weighted by molar-refractivity contribution is -0.117. The highest BCUT2D eigenvalue weighted by atomic mass is 35.5. The summed E-state index contributed by atoms with van der Waals surface area (Å²) in [5, 5.41) is 0.144. The third kappa shape index (κ3) is 3.20. The molecule has 0 aromatic heterocycles. The monoisotopic (exact) mass is 232 g/mol. The van der Waals surface area contributed by atoms with Crippen LogP contribution in [0.5, 0.6) is 5.75 Å². The average molecular weight is 233 g/mol. The van der Waals surface area contributed by atoms with Crippen LogP contribution in [0.2, 0.25) is 5.02 Å². The van der Waals surface area contributed by atoms with E-state index in [1.807, 2.05) is 6.92 Å². The molecule has 0 N–H and O–H groups in total. The van der Waals surface area contributed by atoms with Crippen LogP contribution in [0.1, 0.15) is 13.3 Å². The summed E-state index contributed by atoms with van der Waals surface area (Å²) in [5.41, 5.74) is 0. The van der Waals surface area contributed by atoms with Crippen LogP contribution in [0.25, 0.3) is 0 Å². The molecule has 1 atom stereocenters. The van der Waals surface area contributed by atoms with Crippen molar-refractivity contribution in [1.82, 2.24) is 0 Å². The van der Waals surface area contributed by atoms with Crippen LogP contribution in [-0.2, 0) is 4.79 Å². The summed E-state index contributed by atoms with van der Waals surface area (Å²) in [6, 6.07) is 6.79. The van der Waals surface area contributed by atoms with Crippen molar-refractivity contribution in [2.45, 2.75) is 19.4 Å². The number of ether oxygens (including phenoxy) is 1. The molecule has 0 amide bonds. The molecule has 14 heavy (non-hydrogen) atoms. The lowest BCUT2D eigenvalue weighted by Gasteiger charge is -2.12. The SMILES string of the molecule is CCC(Oc1ccc(Cl)cc1)C(=O)Cl. The quantitative estimate of drug-likeness (QED) is 0.746. The fraction of sp³-hybridized carbons (Fsp3) is 0.300. The summed E-state index contributed by atoms with van der Waals surface area (Å²) in [7, 11) is 0. The largest absolute Gasteiger partial charge is 0.481 e. The van der Waals surface area contributed by atoms with Gasteiger partial charge >= 0.3 is 0 Å². The number of halogens is 2. The first kappa shape index (κ1) is 11.3. The number of hydrogen-bond acceptors (Lipinski definition) is 2. The highest BCUT2D eigenvalue weighted by Gasteiger charge is 2.15. The van der Waals surface area contributed by atoms with Crippen molar-refractivity contribution in [2.75, 3.05) is 0 Å². The van der Waals surface area contributed by atoms with Gasteiger partial charge in [0.15, 0.2) is 6.10 Å². The smallest absolute Gasteiger partial charge is 0.262 e. The number of carbonyl (C=O) groups excluding carboxylic acids is 1. The second-order valence-corrected chi connectivity index (χ2v) is 3.58. The van der Waals surface area contributed by atoms with Crippen molar-refractivity contribution < 1.29 is 9.53 Å². The van der Waals surface area contributed by atoms with Gasteiger partial charge in [0.1, 0.15) is 5.75 Å². The van der Waals surface area contributed by atoms with E-state index in [4.69, 9.17) is 27.9 Å². The zero-order chi connectivity index (χ0) is 10.6. The fourth-order valence-corrected chi connectivity index (χ4v) is 1.29. The molecule has 0 radical (unpaired) electrons. The van der Waals surface area contributed by atoms with E-state index in [-0.39, 0.29) is 0 Å². The van der Waals surface area contributed by atoms with E-state index in [9.17, 15) is 4.79 Å². The minimum absolute atomic E-state index is 0.484. The van der Waals surface area contributed by atoms with E-state index in [1.54, 1.807) is 24.3 Å². The van der Waals surface area contributed by atoms with E-state index in [2.05, 4.69) is 0 Å². The van der Waals surface area contributed by atoms with Gasteiger partial charge in [-0.1, -0.05) is 18.5 Å². The van der Waals surface area contributed by atoms with Crippen LogP contribution in [0.4, 0.5) is 0 Å². The van der Waals surface area contributed by atoms with Crippen molar-refractivity contribution in [3.05, 3.63) is 29.3 Å². The average Bonchev–Trinajstić information content (AvgIpc) is 2.16. The fourth-order valence-electron chi connectivity index (χ4n) is 0.968. The Hall–Kier alpha value is -0.730. The van der Waals surface area contributed by atoms with E-state index >= 15 is 0 Å². The maximum Gasteiger partial charge on any atom is 0.262 e. The summed E-state index contributed by atoms with van der Waals surface area (Å²) in [4.78, 5) is 10.9. The number of carbonyl (C=O) groups is 1. The van der Waals surface area contributed by atoms with Crippen LogP contribution in [0.15, 0.2) is 24.3 Å². The Bertz CT molecular complexity index is 308. The lowest BCUT2D eigenvalue weighted by atomic mass is 10.3. The number of benzene rings is 1. The van der Waals surface area contributed by atoms with Crippen LogP contribution < -0.4 is 4.74 Å². The molecule has 1 unspecified atom stereocenters. The third-order valence-electron chi connectivity index (χ3n) is 1.72. The van der Waals surface area contributed by atoms with Gasteiger partial charge in [0.2, 0.25) is 0 Å². The van der Waals surface area contributed by atoms with Crippen molar-refractivity contribution in [3.8, 4) is 5.75 Å². The maximum absolute atomic E-state index is 10.9. The van der Waals surface area contributed by atoms with Gasteiger partial charge in [-0.15, -0.1) is 0 Å². The second-order valence-electron chi connectivity index (χ2n) is 2.77. The second kappa shape index (κ2) is 5.23. The molecule has 76 valence electrons. The molecule has 1 aromatic carbocycles. The molecule has 2 nitrogen and oxygen atoms in total. The molecule has 0 saturated carbocycles. The molecule has 0 fully saturated rings. The maximum atomic E-state index is 10.9. The number of rotatable bonds is 4. The molecular formula is C10H10Cl2O2. The summed E-state index contributed by atoms with van der Waals surface area (Å²) >= 11 is 11.0. The molecular weight excluding hydrogens is 223 g/mol. The molecule has 0 aliphatic heterocycles. The van der Waals surface area contributed by atoms with Crippen LogP contribution in [0, 0.1) is 0 Å². The number of hydrogen-bond donors (Lipinski definition) is 0. The Morgan fingerprint density at radius 3 is 2.43 bits per heavy atom. The zero-order valence-corrected chi connectivity index (χ0v) is 9.18. The zero-order valence-electron chi connectivity index (χ0n) is 7.67. The Kier molecular flexibility index (Phi) is 4.23. The van der Waals surface area contributed by atoms with Gasteiger partial charge in [0.25, 0.3) is 5.24 Å². The standard InChI is InChI=1S/C10H10Cl2O2/c1-2-9(10(12)13)14-8-5-3-7(11)4-6-8/h3-6,9H,2H2,1H3. The van der Waals surface area contributed by atoms with Gasteiger partial charge < -0.3 is 4.74 Å². The highest BCUT2D eigenvalue weighted by molar-refractivity contribution is 6.64. The van der Waals surface area contributed by atoms with Crippen LogP contribution in [0.3, 0.4) is 0 Å². The molecule has 0 heterocycles. The normalized spacial score (nSPS) is 12.2. The molecule has 0 spiro atoms. The predicted octanol–water partition coefficient (Wildman–Crippen LogP) is 3.26.